The number of hydrogen-bond donors (Lipinski definition) is 5. The fraction of sp³-hybridized carbons (Fsp3) is 0.333. The molecule has 0 aromatic carbocycles. The van der Waals surface area contributed by atoms with E-state index in [1.807, 2.05) is 5.32 Å². The summed E-state index contributed by atoms with van der Waals surface area (Å²) in [6.45, 7) is -1.51. The largest absolute Gasteiger partial charge is 0.480 e. The number of aromatic nitrogens is 2. The molecule has 23 heavy (non-hydrogen) atoms. The van der Waals surface area contributed by atoms with Gasteiger partial charge >= 0.3 is 5.97 Å². The quantitative estimate of drug-likeness (QED) is 0.310. The maximum atomic E-state index is 12.0. The molecule has 0 fully saturated rings. The van der Waals surface area contributed by atoms with E-state index >= 15 is 0 Å². The Morgan fingerprint density at radius 1 is 1.04 bits per heavy atom. The van der Waals surface area contributed by atoms with Crippen LogP contribution in [-0.2, 0) is 9.59 Å². The molecular weight excluding hydrogens is 312 g/mol. The van der Waals surface area contributed by atoms with Gasteiger partial charge in [0.05, 0.1) is 13.2 Å². The molecule has 2 atom stereocenters. The van der Waals surface area contributed by atoms with E-state index in [0.717, 1.165) is 12.4 Å². The Hall–Kier alpha value is -2.92. The highest BCUT2D eigenvalue weighted by molar-refractivity contribution is 6.05. The molecule has 124 valence electrons. The van der Waals surface area contributed by atoms with Crippen LogP contribution in [0.1, 0.15) is 21.0 Å². The third-order valence-corrected chi connectivity index (χ3v) is 2.59. The Morgan fingerprint density at radius 2 is 1.57 bits per heavy atom. The monoisotopic (exact) mass is 326 g/mol. The SMILES string of the molecule is O=CC(CO)NC(=O)c1nccnc1C(=O)NC(CO)C(=O)O. The van der Waals surface area contributed by atoms with Crippen molar-refractivity contribution >= 4 is 24.1 Å². The minimum atomic E-state index is -1.58. The van der Waals surface area contributed by atoms with Gasteiger partial charge in [-0.05, 0) is 0 Å². The number of carboxylic acid groups (broad SMARTS) is 1. The molecule has 0 saturated carbocycles. The lowest BCUT2D eigenvalue weighted by atomic mass is 10.2. The van der Waals surface area contributed by atoms with Crippen molar-refractivity contribution in [2.24, 2.45) is 0 Å². The number of carboxylic acids is 1. The van der Waals surface area contributed by atoms with Gasteiger partial charge in [0.1, 0.15) is 12.3 Å². The minimum absolute atomic E-state index is 0.292. The van der Waals surface area contributed by atoms with Gasteiger partial charge in [0, 0.05) is 12.4 Å². The van der Waals surface area contributed by atoms with Crippen LogP contribution in [0.2, 0.25) is 0 Å². The van der Waals surface area contributed by atoms with E-state index in [1.54, 1.807) is 0 Å². The molecular formula is C12H14N4O7. The number of hydrogen-bond acceptors (Lipinski definition) is 8. The van der Waals surface area contributed by atoms with Crippen molar-refractivity contribution < 1.29 is 34.5 Å². The predicted molar refractivity (Wildman–Crippen MR) is 72.4 cm³/mol. The third kappa shape index (κ3) is 4.79. The molecule has 2 amide bonds. The van der Waals surface area contributed by atoms with E-state index in [2.05, 4.69) is 15.3 Å². The molecule has 0 radical (unpaired) electrons. The Kier molecular flexibility index (Phi) is 6.70. The van der Waals surface area contributed by atoms with E-state index in [0.29, 0.717) is 6.29 Å². The van der Waals surface area contributed by atoms with Gasteiger partial charge in [-0.3, -0.25) is 9.59 Å². The van der Waals surface area contributed by atoms with Crippen LogP contribution in [0, 0.1) is 0 Å². The fourth-order valence-corrected chi connectivity index (χ4v) is 1.44. The van der Waals surface area contributed by atoms with Gasteiger partial charge in [-0.1, -0.05) is 0 Å². The first kappa shape index (κ1) is 18.1. The lowest BCUT2D eigenvalue weighted by Crippen LogP contribution is -2.45. The second kappa shape index (κ2) is 8.51. The number of rotatable bonds is 8. The summed E-state index contributed by atoms with van der Waals surface area (Å²) in [6.07, 6.45) is 2.51. The average Bonchev–Trinajstić information content (AvgIpc) is 2.56. The van der Waals surface area contributed by atoms with Crippen LogP contribution in [0.25, 0.3) is 0 Å². The minimum Gasteiger partial charge on any atom is -0.480 e. The molecule has 1 heterocycles. The van der Waals surface area contributed by atoms with Crippen molar-refractivity contribution in [3.8, 4) is 0 Å². The summed E-state index contributed by atoms with van der Waals surface area (Å²) in [5.41, 5.74) is -0.959. The highest BCUT2D eigenvalue weighted by Crippen LogP contribution is 2.03. The number of nitrogens with one attached hydrogen (secondary N) is 2. The van der Waals surface area contributed by atoms with Crippen molar-refractivity contribution in [1.29, 1.82) is 0 Å². The molecule has 1 aromatic rings. The first-order valence-electron chi connectivity index (χ1n) is 6.27. The van der Waals surface area contributed by atoms with Crippen molar-refractivity contribution in [3.05, 3.63) is 23.8 Å². The van der Waals surface area contributed by atoms with Crippen molar-refractivity contribution in [1.82, 2.24) is 20.6 Å². The Bertz CT molecular complexity index is 607. The molecule has 5 N–H and O–H groups in total. The normalized spacial score (nSPS) is 12.8. The van der Waals surface area contributed by atoms with Crippen molar-refractivity contribution in [2.45, 2.75) is 12.1 Å². The van der Waals surface area contributed by atoms with Gasteiger partial charge in [-0.25, -0.2) is 14.8 Å². The maximum Gasteiger partial charge on any atom is 0.328 e. The first-order valence-corrected chi connectivity index (χ1v) is 6.27. The Balaban J connectivity index is 3.00. The van der Waals surface area contributed by atoms with Gasteiger partial charge in [-0.2, -0.15) is 0 Å². The number of carbonyl (C=O) groups is 4. The molecule has 11 nitrogen and oxygen atoms in total. The van der Waals surface area contributed by atoms with Gasteiger partial charge in [-0.15, -0.1) is 0 Å². The molecule has 1 aromatic heterocycles. The van der Waals surface area contributed by atoms with Crippen molar-refractivity contribution in [2.75, 3.05) is 13.2 Å². The third-order valence-electron chi connectivity index (χ3n) is 2.59. The summed E-state index contributed by atoms with van der Waals surface area (Å²) in [5, 5.41) is 30.6. The number of aldehydes is 1. The molecule has 0 spiro atoms. The van der Waals surface area contributed by atoms with Crippen LogP contribution in [-0.4, -0.2) is 74.7 Å². The van der Waals surface area contributed by atoms with Gasteiger partial charge in [0.2, 0.25) is 0 Å². The van der Waals surface area contributed by atoms with Crippen LogP contribution in [0.4, 0.5) is 0 Å². The Morgan fingerprint density at radius 3 is 1.96 bits per heavy atom. The fourth-order valence-electron chi connectivity index (χ4n) is 1.44. The summed E-state index contributed by atoms with van der Waals surface area (Å²) >= 11 is 0. The van der Waals surface area contributed by atoms with E-state index in [-0.39, 0.29) is 0 Å². The standard InChI is InChI=1S/C12H14N4O7/c17-3-6(4-18)15-10(20)8-9(14-2-1-13-8)11(21)16-7(5-19)12(22)23/h1-3,6-7,18-19H,4-5H2,(H,15,20)(H,16,21)(H,22,23). The van der Waals surface area contributed by atoms with Gasteiger partial charge in [0.25, 0.3) is 11.8 Å². The second-order valence-electron chi connectivity index (χ2n) is 4.20. The molecule has 0 aliphatic carbocycles. The maximum absolute atomic E-state index is 12.0. The van der Waals surface area contributed by atoms with Crippen LogP contribution in [0.5, 0.6) is 0 Å². The number of amides is 2. The lowest BCUT2D eigenvalue weighted by molar-refractivity contribution is -0.140. The molecule has 0 saturated heterocycles. The van der Waals surface area contributed by atoms with E-state index in [1.165, 1.54) is 0 Å². The highest BCUT2D eigenvalue weighted by atomic mass is 16.4. The van der Waals surface area contributed by atoms with Crippen molar-refractivity contribution in [3.63, 3.8) is 0 Å². The summed E-state index contributed by atoms with van der Waals surface area (Å²) in [5.74, 6) is -3.47. The van der Waals surface area contributed by atoms with Gasteiger partial charge in [0.15, 0.2) is 17.4 Å². The highest BCUT2D eigenvalue weighted by Gasteiger charge is 2.25. The molecule has 0 bridgehead atoms. The zero-order valence-corrected chi connectivity index (χ0v) is 11.7. The summed E-state index contributed by atoms with van der Waals surface area (Å²) < 4.78 is 0. The van der Waals surface area contributed by atoms with E-state index < -0.39 is 54.5 Å². The Labute approximate surface area is 129 Å². The molecule has 2 unspecified atom stereocenters. The zero-order valence-electron chi connectivity index (χ0n) is 11.7. The number of aliphatic hydroxyl groups is 2. The molecule has 0 aliphatic rings. The first-order chi connectivity index (χ1) is 10.9. The number of carbonyl (C=O) groups excluding carboxylic acids is 3. The second-order valence-corrected chi connectivity index (χ2v) is 4.20. The predicted octanol–water partition coefficient (Wildman–Crippen LogP) is -3.06. The van der Waals surface area contributed by atoms with Crippen LogP contribution in [0.15, 0.2) is 12.4 Å². The number of aliphatic hydroxyl groups excluding tert-OH is 2. The van der Waals surface area contributed by atoms with Gasteiger partial charge < -0.3 is 30.7 Å². The smallest absolute Gasteiger partial charge is 0.328 e. The number of nitrogens with zero attached hydrogens (tertiary/aromatic N) is 2. The topological polar surface area (TPSA) is 179 Å². The summed E-state index contributed by atoms with van der Waals surface area (Å²) in [7, 11) is 0. The molecule has 11 heteroatoms. The van der Waals surface area contributed by atoms with E-state index in [9.17, 15) is 19.2 Å². The summed E-state index contributed by atoms with van der Waals surface area (Å²) in [6, 6.07) is -2.77. The summed E-state index contributed by atoms with van der Waals surface area (Å²) in [4.78, 5) is 52.6. The van der Waals surface area contributed by atoms with Crippen LogP contribution < -0.4 is 10.6 Å². The lowest BCUT2D eigenvalue weighted by Gasteiger charge is -2.13. The van der Waals surface area contributed by atoms with Crippen LogP contribution in [0.3, 0.4) is 0 Å². The molecule has 0 aliphatic heterocycles. The average molecular weight is 326 g/mol. The zero-order chi connectivity index (χ0) is 17.4. The number of aliphatic carboxylic acids is 1. The van der Waals surface area contributed by atoms with Crippen LogP contribution >= 0.6 is 0 Å². The molecule has 1 rings (SSSR count). The van der Waals surface area contributed by atoms with E-state index in [4.69, 9.17) is 15.3 Å².